The molecule has 130 valence electrons. The van der Waals surface area contributed by atoms with Crippen molar-refractivity contribution in [2.45, 2.75) is 6.42 Å². The number of hydrogen-bond donors (Lipinski definition) is 2. The van der Waals surface area contributed by atoms with E-state index in [2.05, 4.69) is 27.4 Å². The van der Waals surface area contributed by atoms with Crippen LogP contribution >= 0.6 is 11.3 Å². The largest absolute Gasteiger partial charge is 0.457 e. The quantitative estimate of drug-likeness (QED) is 0.517. The summed E-state index contributed by atoms with van der Waals surface area (Å²) < 4.78 is 6.08. The first-order chi connectivity index (χ1) is 12.8. The van der Waals surface area contributed by atoms with Gasteiger partial charge in [0.05, 0.1) is 5.69 Å². The zero-order valence-corrected chi connectivity index (χ0v) is 14.7. The van der Waals surface area contributed by atoms with E-state index >= 15 is 0 Å². The Kier molecular flexibility index (Phi) is 4.77. The molecule has 0 amide bonds. The Hall–Kier alpha value is -2.96. The van der Waals surface area contributed by atoms with Gasteiger partial charge >= 0.3 is 0 Å². The van der Waals surface area contributed by atoms with Crippen LogP contribution in [0.3, 0.4) is 0 Å². The van der Waals surface area contributed by atoms with Crippen LogP contribution in [-0.2, 0) is 6.42 Å². The minimum atomic E-state index is 0.0930. The number of hydrogen-bond acceptors (Lipinski definition) is 6. The summed E-state index contributed by atoms with van der Waals surface area (Å²) >= 11 is 1.48. The molecule has 0 saturated carbocycles. The van der Waals surface area contributed by atoms with Crippen molar-refractivity contribution in [1.82, 2.24) is 9.97 Å². The van der Waals surface area contributed by atoms with Gasteiger partial charge in [-0.25, -0.2) is 9.97 Å². The van der Waals surface area contributed by atoms with Crippen LogP contribution in [-0.4, -0.2) is 21.7 Å². The molecule has 0 radical (unpaired) electrons. The van der Waals surface area contributed by atoms with Gasteiger partial charge in [-0.3, -0.25) is 0 Å². The number of anilines is 2. The summed E-state index contributed by atoms with van der Waals surface area (Å²) in [6.45, 7) is 0.0930. The average molecular weight is 363 g/mol. The molecule has 4 aromatic rings. The third-order valence-corrected chi connectivity index (χ3v) is 4.67. The first-order valence-corrected chi connectivity index (χ1v) is 9.14. The molecule has 6 heteroatoms. The molecular weight excluding hydrogens is 346 g/mol. The number of pyridine rings is 1. The molecule has 0 saturated heterocycles. The Morgan fingerprint density at radius 1 is 1.08 bits per heavy atom. The SMILES string of the molecule is OCCc1csc(Nc2cc(Oc3cccc4ccccc34)ccn2)n1. The molecule has 0 aliphatic carbocycles. The molecule has 0 atom stereocenters. The first-order valence-electron chi connectivity index (χ1n) is 8.26. The average Bonchev–Trinajstić information content (AvgIpc) is 3.10. The lowest BCUT2D eigenvalue weighted by atomic mass is 10.1. The van der Waals surface area contributed by atoms with Gasteiger partial charge in [-0.2, -0.15) is 0 Å². The summed E-state index contributed by atoms with van der Waals surface area (Å²) in [5, 5.41) is 17.0. The predicted octanol–water partition coefficient (Wildman–Crippen LogP) is 4.76. The molecular formula is C20H17N3O2S. The van der Waals surface area contributed by atoms with Crippen molar-refractivity contribution in [3.8, 4) is 11.5 Å². The number of rotatable bonds is 6. The fraction of sp³-hybridized carbons (Fsp3) is 0.100. The standard InChI is InChI=1S/C20H17N3O2S/c24-11-9-15-13-26-20(22-15)23-19-12-16(8-10-21-19)25-18-7-3-5-14-4-1-2-6-17(14)18/h1-8,10,12-13,24H,9,11H2,(H,21,22,23). The molecule has 2 aromatic carbocycles. The lowest BCUT2D eigenvalue weighted by molar-refractivity contribution is 0.298. The zero-order chi connectivity index (χ0) is 17.8. The predicted molar refractivity (Wildman–Crippen MR) is 104 cm³/mol. The Morgan fingerprint density at radius 3 is 2.88 bits per heavy atom. The zero-order valence-electron chi connectivity index (χ0n) is 13.9. The minimum Gasteiger partial charge on any atom is -0.457 e. The number of aromatic nitrogens is 2. The topological polar surface area (TPSA) is 67.3 Å². The first kappa shape index (κ1) is 16.5. The van der Waals surface area contributed by atoms with Crippen molar-refractivity contribution in [2.75, 3.05) is 11.9 Å². The molecule has 26 heavy (non-hydrogen) atoms. The van der Waals surface area contributed by atoms with Gasteiger partial charge in [0.1, 0.15) is 17.3 Å². The Bertz CT molecular complexity index is 1030. The second-order valence-electron chi connectivity index (χ2n) is 5.70. The van der Waals surface area contributed by atoms with Crippen LogP contribution in [0.5, 0.6) is 11.5 Å². The molecule has 2 N–H and O–H groups in total. The number of aliphatic hydroxyl groups excluding tert-OH is 1. The van der Waals surface area contributed by atoms with E-state index in [0.717, 1.165) is 27.3 Å². The van der Waals surface area contributed by atoms with Crippen LogP contribution in [0.25, 0.3) is 10.8 Å². The second-order valence-corrected chi connectivity index (χ2v) is 6.56. The maximum atomic E-state index is 8.99. The molecule has 5 nitrogen and oxygen atoms in total. The van der Waals surface area contributed by atoms with Crippen LogP contribution in [0.1, 0.15) is 5.69 Å². The Morgan fingerprint density at radius 2 is 1.96 bits per heavy atom. The summed E-state index contributed by atoms with van der Waals surface area (Å²) in [7, 11) is 0. The fourth-order valence-corrected chi connectivity index (χ4v) is 3.41. The van der Waals surface area contributed by atoms with Gasteiger partial charge < -0.3 is 15.2 Å². The number of fused-ring (bicyclic) bond motifs is 1. The highest BCUT2D eigenvalue weighted by Gasteiger charge is 2.06. The van der Waals surface area contributed by atoms with Gasteiger partial charge in [0.25, 0.3) is 0 Å². The van der Waals surface area contributed by atoms with E-state index in [-0.39, 0.29) is 6.61 Å². The summed E-state index contributed by atoms with van der Waals surface area (Å²) in [6.07, 6.45) is 2.25. The number of nitrogens with one attached hydrogen (secondary N) is 1. The van der Waals surface area contributed by atoms with Gasteiger partial charge in [-0.15, -0.1) is 11.3 Å². The van der Waals surface area contributed by atoms with Crippen LogP contribution in [0.15, 0.2) is 66.2 Å². The van der Waals surface area contributed by atoms with Crippen molar-refractivity contribution >= 4 is 33.1 Å². The molecule has 4 rings (SSSR count). The lowest BCUT2D eigenvalue weighted by Crippen LogP contribution is -1.95. The normalized spacial score (nSPS) is 10.8. The van der Waals surface area contributed by atoms with Gasteiger partial charge in [0, 0.05) is 36.1 Å². The molecule has 0 aliphatic rings. The fourth-order valence-electron chi connectivity index (χ4n) is 2.66. The van der Waals surface area contributed by atoms with Crippen molar-refractivity contribution in [3.05, 3.63) is 71.9 Å². The van der Waals surface area contributed by atoms with Crippen LogP contribution in [0, 0.1) is 0 Å². The Labute approximate surface area is 154 Å². The van der Waals surface area contributed by atoms with E-state index in [1.54, 1.807) is 6.20 Å². The minimum absolute atomic E-state index is 0.0930. The molecule has 0 unspecified atom stereocenters. The van der Waals surface area contributed by atoms with Crippen molar-refractivity contribution in [2.24, 2.45) is 0 Å². The van der Waals surface area contributed by atoms with Crippen molar-refractivity contribution < 1.29 is 9.84 Å². The molecule has 0 spiro atoms. The maximum Gasteiger partial charge on any atom is 0.188 e. The van der Waals surface area contributed by atoms with E-state index in [1.165, 1.54) is 11.3 Å². The maximum absolute atomic E-state index is 8.99. The van der Waals surface area contributed by atoms with Gasteiger partial charge in [-0.1, -0.05) is 36.4 Å². The Balaban J connectivity index is 1.55. The third-order valence-electron chi connectivity index (χ3n) is 3.86. The molecule has 0 bridgehead atoms. The number of ether oxygens (including phenoxy) is 1. The van der Waals surface area contributed by atoms with E-state index in [0.29, 0.717) is 18.0 Å². The van der Waals surface area contributed by atoms with Crippen molar-refractivity contribution in [3.63, 3.8) is 0 Å². The van der Waals surface area contributed by atoms with Gasteiger partial charge in [0.2, 0.25) is 0 Å². The van der Waals surface area contributed by atoms with Crippen LogP contribution in [0.4, 0.5) is 10.9 Å². The van der Waals surface area contributed by atoms with E-state index in [9.17, 15) is 0 Å². The highest BCUT2D eigenvalue weighted by Crippen LogP contribution is 2.31. The highest BCUT2D eigenvalue weighted by atomic mass is 32.1. The monoisotopic (exact) mass is 363 g/mol. The highest BCUT2D eigenvalue weighted by molar-refractivity contribution is 7.13. The second kappa shape index (κ2) is 7.51. The van der Waals surface area contributed by atoms with Gasteiger partial charge in [0.15, 0.2) is 5.13 Å². The lowest BCUT2D eigenvalue weighted by Gasteiger charge is -2.10. The summed E-state index contributed by atoms with van der Waals surface area (Å²) in [6, 6.07) is 17.8. The molecule has 0 aliphatic heterocycles. The smallest absolute Gasteiger partial charge is 0.188 e. The summed E-state index contributed by atoms with van der Waals surface area (Å²) in [4.78, 5) is 8.74. The molecule has 2 heterocycles. The number of thiazole rings is 1. The van der Waals surface area contributed by atoms with Crippen LogP contribution < -0.4 is 10.1 Å². The number of aliphatic hydroxyl groups is 1. The van der Waals surface area contributed by atoms with E-state index < -0.39 is 0 Å². The van der Waals surface area contributed by atoms with E-state index in [1.807, 2.05) is 47.8 Å². The molecule has 2 aromatic heterocycles. The van der Waals surface area contributed by atoms with Gasteiger partial charge in [-0.05, 0) is 17.5 Å². The number of nitrogens with zero attached hydrogens (tertiary/aromatic N) is 2. The van der Waals surface area contributed by atoms with Crippen molar-refractivity contribution in [1.29, 1.82) is 0 Å². The number of benzene rings is 2. The molecule has 0 fully saturated rings. The third kappa shape index (κ3) is 3.66. The summed E-state index contributed by atoms with van der Waals surface area (Å²) in [5.41, 5.74) is 0.864. The summed E-state index contributed by atoms with van der Waals surface area (Å²) in [5.74, 6) is 2.17. The van der Waals surface area contributed by atoms with Crippen LogP contribution in [0.2, 0.25) is 0 Å². The van der Waals surface area contributed by atoms with E-state index in [4.69, 9.17) is 9.84 Å².